The number of unbranched alkanes of at least 4 members (excludes halogenated alkanes) is 1. The quantitative estimate of drug-likeness (QED) is 0.746. The van der Waals surface area contributed by atoms with Gasteiger partial charge in [-0.25, -0.2) is 13.8 Å². The molecule has 0 radical (unpaired) electrons. The van der Waals surface area contributed by atoms with Crippen LogP contribution < -0.4 is 5.32 Å². The molecule has 0 saturated carbocycles. The number of carbonyl (C=O) groups excluding carboxylic acids is 2. The fourth-order valence-corrected chi connectivity index (χ4v) is 2.68. The predicted octanol–water partition coefficient (Wildman–Crippen LogP) is 4.15. The number of rotatable bonds is 7. The number of carbonyl (C=O) groups is 2. The van der Waals surface area contributed by atoms with Gasteiger partial charge in [0.15, 0.2) is 22.9 Å². The van der Waals surface area contributed by atoms with Crippen LogP contribution in [-0.2, 0) is 14.3 Å². The molecule has 0 aliphatic carbocycles. The van der Waals surface area contributed by atoms with E-state index < -0.39 is 29.6 Å². The van der Waals surface area contributed by atoms with Gasteiger partial charge < -0.3 is 4.74 Å². The van der Waals surface area contributed by atoms with Gasteiger partial charge in [-0.05, 0) is 31.5 Å². The summed E-state index contributed by atoms with van der Waals surface area (Å²) in [5.41, 5.74) is 0.807. The Labute approximate surface area is 148 Å². The van der Waals surface area contributed by atoms with E-state index in [1.807, 2.05) is 6.92 Å². The smallest absolute Gasteiger partial charge is 0.306 e. The minimum absolute atomic E-state index is 0.269. The molecular formula is C17H18F2N2O3S. The number of nitrogens with zero attached hydrogens (tertiary/aromatic N) is 1. The number of hydrogen-bond acceptors (Lipinski definition) is 5. The molecule has 1 N–H and O–H groups in total. The summed E-state index contributed by atoms with van der Waals surface area (Å²) in [6.45, 7) is 3.43. The average Bonchev–Trinajstić information content (AvgIpc) is 3.03. The van der Waals surface area contributed by atoms with Gasteiger partial charge in [-0.3, -0.25) is 14.9 Å². The van der Waals surface area contributed by atoms with E-state index in [0.29, 0.717) is 17.7 Å². The van der Waals surface area contributed by atoms with E-state index in [0.717, 1.165) is 29.9 Å². The standard InChI is InChI=1S/C17H18F2N2O3S/c1-3-4-5-15(22)24-10(2)16(23)21-17-20-14(9-25-17)11-6-7-12(18)13(19)8-11/h6-10H,3-5H2,1-2H3,(H,20,21,23)/t10-/m0/s1. The summed E-state index contributed by atoms with van der Waals surface area (Å²) >= 11 is 1.13. The second-order valence-electron chi connectivity index (χ2n) is 5.39. The Morgan fingerprint density at radius 2 is 2.08 bits per heavy atom. The second-order valence-corrected chi connectivity index (χ2v) is 6.25. The average molecular weight is 368 g/mol. The van der Waals surface area contributed by atoms with Crippen LogP contribution in [0.5, 0.6) is 0 Å². The van der Waals surface area contributed by atoms with Crippen LogP contribution in [-0.4, -0.2) is 23.0 Å². The Morgan fingerprint density at radius 3 is 2.76 bits per heavy atom. The maximum Gasteiger partial charge on any atom is 0.306 e. The molecule has 1 aromatic carbocycles. The van der Waals surface area contributed by atoms with Crippen molar-refractivity contribution in [2.75, 3.05) is 5.32 Å². The van der Waals surface area contributed by atoms with Crippen LogP contribution in [0.4, 0.5) is 13.9 Å². The molecular weight excluding hydrogens is 350 g/mol. The first-order valence-corrected chi connectivity index (χ1v) is 8.70. The molecule has 1 atom stereocenters. The third-order valence-electron chi connectivity index (χ3n) is 3.36. The van der Waals surface area contributed by atoms with Crippen LogP contribution in [0.3, 0.4) is 0 Å². The van der Waals surface area contributed by atoms with E-state index in [4.69, 9.17) is 4.74 Å². The molecule has 5 nitrogen and oxygen atoms in total. The minimum atomic E-state index is -0.969. The molecule has 8 heteroatoms. The number of nitrogens with one attached hydrogen (secondary N) is 1. The summed E-state index contributed by atoms with van der Waals surface area (Å²) in [6.07, 6.45) is 0.893. The van der Waals surface area contributed by atoms with Crippen molar-refractivity contribution in [3.05, 3.63) is 35.2 Å². The van der Waals surface area contributed by atoms with Gasteiger partial charge in [0.2, 0.25) is 0 Å². The molecule has 134 valence electrons. The van der Waals surface area contributed by atoms with Crippen molar-refractivity contribution in [3.63, 3.8) is 0 Å². The molecule has 0 saturated heterocycles. The maximum absolute atomic E-state index is 13.3. The number of hydrogen-bond donors (Lipinski definition) is 1. The van der Waals surface area contributed by atoms with Gasteiger partial charge in [-0.1, -0.05) is 13.3 Å². The molecule has 1 amide bonds. The molecule has 0 unspecified atom stereocenters. The Balaban J connectivity index is 1.96. The van der Waals surface area contributed by atoms with E-state index in [-0.39, 0.29) is 11.6 Å². The van der Waals surface area contributed by atoms with Gasteiger partial charge in [0, 0.05) is 17.4 Å². The Bertz CT molecular complexity index is 764. The van der Waals surface area contributed by atoms with Gasteiger partial charge in [0.1, 0.15) is 0 Å². The van der Waals surface area contributed by atoms with Crippen molar-refractivity contribution in [1.82, 2.24) is 4.98 Å². The maximum atomic E-state index is 13.3. The summed E-state index contributed by atoms with van der Waals surface area (Å²) in [6, 6.07) is 3.45. The fraction of sp³-hybridized carbons (Fsp3) is 0.353. The number of ether oxygens (including phenoxy) is 1. The first kappa shape index (κ1) is 19.0. The topological polar surface area (TPSA) is 68.3 Å². The number of anilines is 1. The minimum Gasteiger partial charge on any atom is -0.453 e. The van der Waals surface area contributed by atoms with E-state index in [9.17, 15) is 18.4 Å². The fourth-order valence-electron chi connectivity index (χ4n) is 1.96. The third kappa shape index (κ3) is 5.32. The zero-order valence-corrected chi connectivity index (χ0v) is 14.7. The predicted molar refractivity (Wildman–Crippen MR) is 91.2 cm³/mol. The van der Waals surface area contributed by atoms with E-state index in [1.165, 1.54) is 13.0 Å². The third-order valence-corrected chi connectivity index (χ3v) is 4.12. The highest BCUT2D eigenvalue weighted by molar-refractivity contribution is 7.14. The first-order valence-electron chi connectivity index (χ1n) is 7.82. The van der Waals surface area contributed by atoms with Crippen molar-refractivity contribution < 1.29 is 23.1 Å². The van der Waals surface area contributed by atoms with E-state index in [1.54, 1.807) is 5.38 Å². The van der Waals surface area contributed by atoms with Gasteiger partial charge in [-0.15, -0.1) is 11.3 Å². The van der Waals surface area contributed by atoms with Crippen LogP contribution in [0.2, 0.25) is 0 Å². The lowest BCUT2D eigenvalue weighted by Crippen LogP contribution is -2.29. The molecule has 25 heavy (non-hydrogen) atoms. The summed E-state index contributed by atoms with van der Waals surface area (Å²) in [4.78, 5) is 27.7. The number of benzene rings is 1. The van der Waals surface area contributed by atoms with Crippen molar-refractivity contribution in [2.45, 2.75) is 39.2 Å². The van der Waals surface area contributed by atoms with Crippen LogP contribution >= 0.6 is 11.3 Å². The lowest BCUT2D eigenvalue weighted by Gasteiger charge is -2.12. The normalized spacial score (nSPS) is 11.8. The SMILES string of the molecule is CCCCC(=O)O[C@@H](C)C(=O)Nc1nc(-c2ccc(F)c(F)c2)cs1. The largest absolute Gasteiger partial charge is 0.453 e. The van der Waals surface area contributed by atoms with Crippen molar-refractivity contribution in [3.8, 4) is 11.3 Å². The van der Waals surface area contributed by atoms with E-state index in [2.05, 4.69) is 10.3 Å². The van der Waals surface area contributed by atoms with Crippen LogP contribution in [0.15, 0.2) is 23.6 Å². The van der Waals surface area contributed by atoms with Crippen molar-refractivity contribution in [2.24, 2.45) is 0 Å². The van der Waals surface area contributed by atoms with Crippen LogP contribution in [0.25, 0.3) is 11.3 Å². The highest BCUT2D eigenvalue weighted by atomic mass is 32.1. The number of thiazole rings is 1. The Hall–Kier alpha value is -2.35. The highest BCUT2D eigenvalue weighted by Crippen LogP contribution is 2.26. The summed E-state index contributed by atoms with van der Waals surface area (Å²) < 4.78 is 31.3. The molecule has 0 fully saturated rings. The number of esters is 1. The lowest BCUT2D eigenvalue weighted by molar-refractivity contribution is -0.153. The van der Waals surface area contributed by atoms with Gasteiger partial charge >= 0.3 is 5.97 Å². The van der Waals surface area contributed by atoms with Crippen molar-refractivity contribution >= 4 is 28.3 Å². The van der Waals surface area contributed by atoms with Crippen LogP contribution in [0.1, 0.15) is 33.1 Å². The number of halogens is 2. The molecule has 2 rings (SSSR count). The summed E-state index contributed by atoms with van der Waals surface area (Å²) in [5, 5.41) is 4.43. The first-order chi connectivity index (χ1) is 11.9. The summed E-state index contributed by atoms with van der Waals surface area (Å²) in [5.74, 6) is -2.84. The number of aromatic nitrogens is 1. The molecule has 0 aliphatic rings. The molecule has 0 spiro atoms. The highest BCUT2D eigenvalue weighted by Gasteiger charge is 2.19. The molecule has 1 heterocycles. The molecule has 0 aliphatic heterocycles. The Kier molecular flexibility index (Phi) is 6.58. The second kappa shape index (κ2) is 8.66. The zero-order valence-electron chi connectivity index (χ0n) is 13.8. The zero-order chi connectivity index (χ0) is 18.4. The molecule has 0 bridgehead atoms. The number of amides is 1. The molecule has 2 aromatic rings. The lowest BCUT2D eigenvalue weighted by atomic mass is 10.2. The monoisotopic (exact) mass is 368 g/mol. The van der Waals surface area contributed by atoms with Gasteiger partial charge in [0.05, 0.1) is 5.69 Å². The van der Waals surface area contributed by atoms with Gasteiger partial charge in [0.25, 0.3) is 5.91 Å². The Morgan fingerprint density at radius 1 is 1.32 bits per heavy atom. The summed E-state index contributed by atoms with van der Waals surface area (Å²) in [7, 11) is 0. The van der Waals surface area contributed by atoms with Crippen LogP contribution in [0, 0.1) is 11.6 Å². The van der Waals surface area contributed by atoms with Gasteiger partial charge in [-0.2, -0.15) is 0 Å². The van der Waals surface area contributed by atoms with E-state index >= 15 is 0 Å². The van der Waals surface area contributed by atoms with Crippen molar-refractivity contribution in [1.29, 1.82) is 0 Å². The molecule has 1 aromatic heterocycles.